The molecule has 0 aliphatic carbocycles. The fourth-order valence-electron chi connectivity index (χ4n) is 1.99. The van der Waals surface area contributed by atoms with Gasteiger partial charge in [-0.3, -0.25) is 4.79 Å². The maximum absolute atomic E-state index is 12.3. The maximum atomic E-state index is 12.3. The summed E-state index contributed by atoms with van der Waals surface area (Å²) in [6.07, 6.45) is 0. The Morgan fingerprint density at radius 3 is 2.57 bits per heavy atom. The van der Waals surface area contributed by atoms with Crippen molar-refractivity contribution in [2.45, 2.75) is 6.92 Å². The van der Waals surface area contributed by atoms with Crippen LogP contribution in [0.15, 0.2) is 35.4 Å². The molecule has 1 N–H and O–H groups in total. The summed E-state index contributed by atoms with van der Waals surface area (Å²) < 4.78 is 2.06. The molecule has 1 amide bonds. The zero-order chi connectivity index (χ0) is 16.6. The molecule has 0 bridgehead atoms. The summed E-state index contributed by atoms with van der Waals surface area (Å²) in [4.78, 5) is 12.7. The van der Waals surface area contributed by atoms with Crippen LogP contribution in [0.1, 0.15) is 22.2 Å². The molecule has 8 heteroatoms. The third kappa shape index (κ3) is 3.39. The quantitative estimate of drug-likeness (QED) is 0.418. The minimum atomic E-state index is -0.354. The van der Waals surface area contributed by atoms with Crippen molar-refractivity contribution in [3.8, 4) is 0 Å². The maximum Gasteiger partial charge on any atom is 0.283 e. The summed E-state index contributed by atoms with van der Waals surface area (Å²) in [6, 6.07) is 9.30. The van der Waals surface area contributed by atoms with Crippen LogP contribution in [0.2, 0.25) is 13.7 Å². The first kappa shape index (κ1) is 16.7. The molecule has 118 valence electrons. The van der Waals surface area contributed by atoms with Gasteiger partial charge in [-0.2, -0.15) is 5.10 Å². The lowest BCUT2D eigenvalue weighted by Crippen LogP contribution is -2.18. The van der Waals surface area contributed by atoms with Crippen molar-refractivity contribution >= 4 is 79.2 Å². The smallest absolute Gasteiger partial charge is 0.266 e. The van der Waals surface area contributed by atoms with E-state index < -0.39 is 0 Å². The average molecular weight is 404 g/mol. The topological polar surface area (TPSA) is 41.5 Å². The number of fused-ring (bicyclic) bond motifs is 1. The van der Waals surface area contributed by atoms with Crippen molar-refractivity contribution in [2.75, 3.05) is 0 Å². The standard InChI is InChI=1S/C15H9Cl3N2OS2/c1-7(9-6-11(16)23-14(9)18)19-20-15(21)13-12(17)8-4-2-3-5-10(8)22-13/h2-6H,1H3,(H,20,21)/b19-7-. The molecule has 1 aromatic carbocycles. The normalized spacial score (nSPS) is 11.9. The minimum absolute atomic E-state index is 0.354. The number of hydrogen-bond donors (Lipinski definition) is 1. The largest absolute Gasteiger partial charge is 0.283 e. The van der Waals surface area contributed by atoms with Crippen molar-refractivity contribution < 1.29 is 4.79 Å². The van der Waals surface area contributed by atoms with E-state index in [2.05, 4.69) is 10.5 Å². The van der Waals surface area contributed by atoms with Crippen LogP contribution < -0.4 is 5.43 Å². The Morgan fingerprint density at radius 2 is 1.91 bits per heavy atom. The number of rotatable bonds is 3. The second-order valence-corrected chi connectivity index (χ2v) is 8.33. The van der Waals surface area contributed by atoms with Crippen LogP contribution in [0.4, 0.5) is 0 Å². The van der Waals surface area contributed by atoms with E-state index in [1.54, 1.807) is 13.0 Å². The summed E-state index contributed by atoms with van der Waals surface area (Å²) in [5.41, 5.74) is 3.78. The number of carbonyl (C=O) groups excluding carboxylic acids is 1. The number of benzene rings is 1. The fourth-order valence-corrected chi connectivity index (χ4v) is 4.96. The molecule has 3 aromatic rings. The summed E-state index contributed by atoms with van der Waals surface area (Å²) in [5.74, 6) is -0.354. The highest BCUT2D eigenvalue weighted by Crippen LogP contribution is 2.35. The van der Waals surface area contributed by atoms with Crippen LogP contribution in [0.5, 0.6) is 0 Å². The summed E-state index contributed by atoms with van der Waals surface area (Å²) in [6.45, 7) is 1.75. The van der Waals surface area contributed by atoms with Gasteiger partial charge in [-0.1, -0.05) is 53.0 Å². The van der Waals surface area contributed by atoms with E-state index in [4.69, 9.17) is 34.8 Å². The van der Waals surface area contributed by atoms with Gasteiger partial charge in [0.1, 0.15) is 9.21 Å². The SMILES string of the molecule is C/C(=N/NC(=O)c1sc2ccccc2c1Cl)c1cc(Cl)sc1Cl. The highest BCUT2D eigenvalue weighted by atomic mass is 35.5. The Labute approximate surface area is 155 Å². The molecule has 0 spiro atoms. The molecule has 2 heterocycles. The first-order chi connectivity index (χ1) is 11.0. The van der Waals surface area contributed by atoms with Gasteiger partial charge in [-0.25, -0.2) is 5.43 Å². The van der Waals surface area contributed by atoms with Crippen molar-refractivity contribution in [3.63, 3.8) is 0 Å². The lowest BCUT2D eigenvalue weighted by atomic mass is 10.2. The predicted molar refractivity (Wildman–Crippen MR) is 101 cm³/mol. The number of amides is 1. The first-order valence-electron chi connectivity index (χ1n) is 6.44. The molecule has 0 aliphatic heterocycles. The van der Waals surface area contributed by atoms with Crippen LogP contribution in [-0.2, 0) is 0 Å². The Kier molecular flexibility index (Phi) is 4.94. The van der Waals surface area contributed by atoms with E-state index in [0.29, 0.717) is 29.8 Å². The molecule has 0 saturated heterocycles. The molecule has 0 atom stereocenters. The second-order valence-electron chi connectivity index (χ2n) is 4.62. The van der Waals surface area contributed by atoms with Crippen LogP contribution in [0.3, 0.4) is 0 Å². The molecule has 2 aromatic heterocycles. The van der Waals surface area contributed by atoms with Crippen molar-refractivity contribution in [3.05, 3.63) is 54.5 Å². The number of hydrogen-bond acceptors (Lipinski definition) is 4. The summed E-state index contributed by atoms with van der Waals surface area (Å²) in [5, 5.41) is 5.38. The van der Waals surface area contributed by atoms with E-state index in [1.807, 2.05) is 24.3 Å². The molecule has 0 fully saturated rings. The number of hydrazone groups is 1. The lowest BCUT2D eigenvalue weighted by Gasteiger charge is -2.01. The molecule has 0 saturated carbocycles. The lowest BCUT2D eigenvalue weighted by molar-refractivity contribution is 0.0959. The molecule has 0 aliphatic rings. The molecule has 3 nitrogen and oxygen atoms in total. The van der Waals surface area contributed by atoms with Gasteiger partial charge < -0.3 is 0 Å². The third-order valence-corrected chi connectivity index (χ3v) is 6.27. The van der Waals surface area contributed by atoms with E-state index in [-0.39, 0.29) is 5.91 Å². The van der Waals surface area contributed by atoms with Crippen molar-refractivity contribution in [1.29, 1.82) is 0 Å². The molecule has 0 unspecified atom stereocenters. The van der Waals surface area contributed by atoms with Crippen molar-refractivity contribution in [2.24, 2.45) is 5.10 Å². The molecular formula is C15H9Cl3N2OS2. The van der Waals surface area contributed by atoms with Gasteiger partial charge in [-0.15, -0.1) is 22.7 Å². The number of nitrogens with one attached hydrogen (secondary N) is 1. The van der Waals surface area contributed by atoms with Crippen LogP contribution in [-0.4, -0.2) is 11.6 Å². The van der Waals surface area contributed by atoms with Gasteiger partial charge in [0.2, 0.25) is 0 Å². The zero-order valence-corrected chi connectivity index (χ0v) is 15.6. The number of thiophene rings is 2. The Morgan fingerprint density at radius 1 is 1.17 bits per heavy atom. The van der Waals surface area contributed by atoms with E-state index >= 15 is 0 Å². The summed E-state index contributed by atoms with van der Waals surface area (Å²) in [7, 11) is 0. The number of halogens is 3. The predicted octanol–water partition coefficient (Wildman–Crippen LogP) is 6.08. The molecule has 23 heavy (non-hydrogen) atoms. The monoisotopic (exact) mass is 402 g/mol. The third-order valence-electron chi connectivity index (χ3n) is 3.11. The van der Waals surface area contributed by atoms with Crippen LogP contribution in [0, 0.1) is 0 Å². The van der Waals surface area contributed by atoms with Crippen molar-refractivity contribution in [1.82, 2.24) is 5.43 Å². The van der Waals surface area contributed by atoms with Crippen LogP contribution in [0.25, 0.3) is 10.1 Å². The van der Waals surface area contributed by atoms with E-state index in [9.17, 15) is 4.79 Å². The Hall–Kier alpha value is -1.11. The number of nitrogens with zero attached hydrogens (tertiary/aromatic N) is 1. The first-order valence-corrected chi connectivity index (χ1v) is 9.21. The van der Waals surface area contributed by atoms with E-state index in [1.165, 1.54) is 22.7 Å². The molecular weight excluding hydrogens is 395 g/mol. The zero-order valence-electron chi connectivity index (χ0n) is 11.7. The highest BCUT2D eigenvalue weighted by molar-refractivity contribution is 7.21. The Bertz CT molecular complexity index is 930. The van der Waals surface area contributed by atoms with E-state index in [0.717, 1.165) is 10.1 Å². The summed E-state index contributed by atoms with van der Waals surface area (Å²) >= 11 is 20.8. The minimum Gasteiger partial charge on any atom is -0.266 e. The van der Waals surface area contributed by atoms with Gasteiger partial charge in [0.05, 0.1) is 15.1 Å². The van der Waals surface area contributed by atoms with Gasteiger partial charge in [0.15, 0.2) is 0 Å². The van der Waals surface area contributed by atoms with Gasteiger partial charge in [0.25, 0.3) is 5.91 Å². The molecule has 0 radical (unpaired) electrons. The van der Waals surface area contributed by atoms with Gasteiger partial charge >= 0.3 is 0 Å². The average Bonchev–Trinajstić information content (AvgIpc) is 3.05. The fraction of sp³-hybridized carbons (Fsp3) is 0.0667. The molecule has 3 rings (SSSR count). The van der Waals surface area contributed by atoms with Crippen LogP contribution >= 0.6 is 57.5 Å². The second kappa shape index (κ2) is 6.79. The number of carbonyl (C=O) groups is 1. The van der Waals surface area contributed by atoms with Gasteiger partial charge in [0, 0.05) is 15.6 Å². The Balaban J connectivity index is 1.85. The highest BCUT2D eigenvalue weighted by Gasteiger charge is 2.17. The van der Waals surface area contributed by atoms with Gasteiger partial charge in [-0.05, 0) is 19.1 Å².